The fraction of sp³-hybridized carbons (Fsp3) is 0.333. The third kappa shape index (κ3) is 9.64. The molecule has 0 unspecified atom stereocenters. The molecule has 0 radical (unpaired) electrons. The number of carbonyl (C=O) groups excluding carboxylic acids is 2. The fourth-order valence-corrected chi connectivity index (χ4v) is 2.88. The summed E-state index contributed by atoms with van der Waals surface area (Å²) in [7, 11) is 1.59. The topological polar surface area (TPSA) is 71.1 Å². The molecule has 0 aliphatic rings. The summed E-state index contributed by atoms with van der Waals surface area (Å²) in [4.78, 5) is 23.4. The van der Waals surface area contributed by atoms with Gasteiger partial charge in [-0.15, -0.1) is 0 Å². The zero-order valence-electron chi connectivity index (χ0n) is 19.6. The van der Waals surface area contributed by atoms with Gasteiger partial charge in [-0.25, -0.2) is 9.59 Å². The van der Waals surface area contributed by atoms with Crippen molar-refractivity contribution < 1.29 is 28.5 Å². The van der Waals surface area contributed by atoms with Gasteiger partial charge >= 0.3 is 11.9 Å². The summed E-state index contributed by atoms with van der Waals surface area (Å²) in [6.45, 7) is 8.09. The van der Waals surface area contributed by atoms with Crippen molar-refractivity contribution in [3.8, 4) is 17.2 Å². The summed E-state index contributed by atoms with van der Waals surface area (Å²) in [5.74, 6) is 1.21. The van der Waals surface area contributed by atoms with Crippen LogP contribution in [0.15, 0.2) is 60.7 Å². The van der Waals surface area contributed by atoms with E-state index in [4.69, 9.17) is 18.9 Å². The SMILES string of the molecule is C=C(C)C(=O)OCCCCCCOc1ccc(/C=C/C(=O)Oc2ccc(OC)cc2C)cc1. The predicted molar refractivity (Wildman–Crippen MR) is 129 cm³/mol. The first kappa shape index (κ1) is 25.7. The van der Waals surface area contributed by atoms with Crippen LogP contribution in [0, 0.1) is 6.92 Å². The lowest BCUT2D eigenvalue weighted by Gasteiger charge is -2.07. The third-order valence-electron chi connectivity index (χ3n) is 4.77. The van der Waals surface area contributed by atoms with E-state index in [1.165, 1.54) is 6.08 Å². The van der Waals surface area contributed by atoms with Crippen molar-refractivity contribution in [2.75, 3.05) is 20.3 Å². The van der Waals surface area contributed by atoms with Crippen molar-refractivity contribution in [2.24, 2.45) is 0 Å². The van der Waals surface area contributed by atoms with Crippen molar-refractivity contribution in [1.29, 1.82) is 0 Å². The first-order valence-corrected chi connectivity index (χ1v) is 11.0. The quantitative estimate of drug-likeness (QED) is 0.168. The van der Waals surface area contributed by atoms with Gasteiger partial charge in [0.05, 0.1) is 20.3 Å². The molecule has 6 heteroatoms. The second-order valence-electron chi connectivity index (χ2n) is 7.63. The molecule has 0 aromatic heterocycles. The van der Waals surface area contributed by atoms with Crippen LogP contribution in [0.3, 0.4) is 0 Å². The van der Waals surface area contributed by atoms with Gasteiger partial charge in [0.15, 0.2) is 0 Å². The van der Waals surface area contributed by atoms with E-state index in [2.05, 4.69) is 6.58 Å². The Bertz CT molecular complexity index is 959. The van der Waals surface area contributed by atoms with Gasteiger partial charge in [0.25, 0.3) is 0 Å². The Morgan fingerprint density at radius 2 is 1.61 bits per heavy atom. The summed E-state index contributed by atoms with van der Waals surface area (Å²) < 4.78 is 21.3. The molecule has 0 saturated carbocycles. The summed E-state index contributed by atoms with van der Waals surface area (Å²) in [6.07, 6.45) is 6.83. The Morgan fingerprint density at radius 3 is 2.24 bits per heavy atom. The van der Waals surface area contributed by atoms with E-state index < -0.39 is 5.97 Å². The minimum Gasteiger partial charge on any atom is -0.497 e. The molecule has 0 spiro atoms. The minimum atomic E-state index is -0.446. The van der Waals surface area contributed by atoms with E-state index in [0.717, 1.165) is 42.6 Å². The summed E-state index contributed by atoms with van der Waals surface area (Å²) in [6, 6.07) is 12.8. The Hall–Kier alpha value is -3.54. The summed E-state index contributed by atoms with van der Waals surface area (Å²) in [5, 5.41) is 0. The van der Waals surface area contributed by atoms with Gasteiger partial charge in [0, 0.05) is 11.6 Å². The number of ether oxygens (including phenoxy) is 4. The highest BCUT2D eigenvalue weighted by molar-refractivity contribution is 5.89. The summed E-state index contributed by atoms with van der Waals surface area (Å²) >= 11 is 0. The molecule has 0 aliphatic carbocycles. The maximum atomic E-state index is 12.1. The smallest absolute Gasteiger partial charge is 0.336 e. The number of unbranched alkanes of at least 4 members (excludes halogenated alkanes) is 3. The van der Waals surface area contributed by atoms with Gasteiger partial charge in [-0.05, 0) is 87.1 Å². The maximum absolute atomic E-state index is 12.1. The molecule has 2 aromatic carbocycles. The van der Waals surface area contributed by atoms with E-state index in [1.54, 1.807) is 32.2 Å². The van der Waals surface area contributed by atoms with Gasteiger partial charge in [-0.1, -0.05) is 18.7 Å². The molecule has 0 amide bonds. The van der Waals surface area contributed by atoms with E-state index in [9.17, 15) is 9.59 Å². The number of aryl methyl sites for hydroxylation is 1. The highest BCUT2D eigenvalue weighted by Crippen LogP contribution is 2.23. The molecule has 2 aromatic rings. The van der Waals surface area contributed by atoms with Crippen LogP contribution < -0.4 is 14.2 Å². The standard InChI is InChI=1S/C27H32O6/c1-20(2)27(29)32-18-8-6-5-7-17-31-23-12-9-22(10-13-23)11-16-26(28)33-25-15-14-24(30-4)19-21(25)3/h9-16,19H,1,5-8,17-18H2,2-4H3/b16-11+. The number of hydrogen-bond acceptors (Lipinski definition) is 6. The Labute approximate surface area is 195 Å². The molecular weight excluding hydrogens is 420 g/mol. The molecule has 0 aliphatic heterocycles. The lowest BCUT2D eigenvalue weighted by Crippen LogP contribution is -2.06. The van der Waals surface area contributed by atoms with Crippen molar-refractivity contribution in [2.45, 2.75) is 39.5 Å². The average Bonchev–Trinajstić information content (AvgIpc) is 2.81. The van der Waals surface area contributed by atoms with Crippen LogP contribution in [-0.2, 0) is 14.3 Å². The highest BCUT2D eigenvalue weighted by atomic mass is 16.5. The van der Waals surface area contributed by atoms with Crippen LogP contribution in [-0.4, -0.2) is 32.3 Å². The van der Waals surface area contributed by atoms with E-state index in [0.29, 0.717) is 30.3 Å². The van der Waals surface area contributed by atoms with Crippen LogP contribution >= 0.6 is 0 Å². The van der Waals surface area contributed by atoms with Crippen molar-refractivity contribution >= 4 is 18.0 Å². The van der Waals surface area contributed by atoms with Gasteiger partial charge in [-0.2, -0.15) is 0 Å². The molecule has 0 N–H and O–H groups in total. The van der Waals surface area contributed by atoms with Crippen molar-refractivity contribution in [3.05, 3.63) is 71.8 Å². The molecule has 0 fully saturated rings. The van der Waals surface area contributed by atoms with E-state index in [-0.39, 0.29) is 5.97 Å². The second-order valence-corrected chi connectivity index (χ2v) is 7.63. The molecule has 0 saturated heterocycles. The average molecular weight is 453 g/mol. The van der Waals surface area contributed by atoms with Crippen molar-refractivity contribution in [1.82, 2.24) is 0 Å². The predicted octanol–water partition coefficient (Wildman–Crippen LogP) is 5.68. The number of benzene rings is 2. The number of methoxy groups -OCH3 is 1. The number of rotatable bonds is 13. The fourth-order valence-electron chi connectivity index (χ4n) is 2.88. The van der Waals surface area contributed by atoms with Crippen LogP contribution in [0.25, 0.3) is 6.08 Å². The minimum absolute atomic E-state index is 0.333. The Kier molecular flexibility index (Phi) is 10.7. The number of hydrogen-bond donors (Lipinski definition) is 0. The van der Waals surface area contributed by atoms with Gasteiger partial charge < -0.3 is 18.9 Å². The molecule has 0 atom stereocenters. The number of esters is 2. The van der Waals surface area contributed by atoms with Gasteiger partial charge in [0.2, 0.25) is 0 Å². The molecule has 6 nitrogen and oxygen atoms in total. The first-order valence-electron chi connectivity index (χ1n) is 11.0. The van der Waals surface area contributed by atoms with E-state index >= 15 is 0 Å². The maximum Gasteiger partial charge on any atom is 0.336 e. The van der Waals surface area contributed by atoms with Crippen LogP contribution in [0.2, 0.25) is 0 Å². The first-order chi connectivity index (χ1) is 15.9. The molecule has 0 bridgehead atoms. The van der Waals surface area contributed by atoms with Crippen LogP contribution in [0.5, 0.6) is 17.2 Å². The molecule has 0 heterocycles. The largest absolute Gasteiger partial charge is 0.497 e. The van der Waals surface area contributed by atoms with E-state index in [1.807, 2.05) is 37.3 Å². The third-order valence-corrected chi connectivity index (χ3v) is 4.77. The van der Waals surface area contributed by atoms with Crippen molar-refractivity contribution in [3.63, 3.8) is 0 Å². The summed E-state index contributed by atoms with van der Waals surface area (Å²) in [5.41, 5.74) is 2.12. The highest BCUT2D eigenvalue weighted by Gasteiger charge is 2.06. The van der Waals surface area contributed by atoms with Gasteiger partial charge in [0.1, 0.15) is 17.2 Å². The Balaban J connectivity index is 1.66. The Morgan fingerprint density at radius 1 is 0.939 bits per heavy atom. The molecular formula is C27H32O6. The number of carbonyl (C=O) groups is 2. The van der Waals surface area contributed by atoms with Gasteiger partial charge in [-0.3, -0.25) is 0 Å². The zero-order chi connectivity index (χ0) is 24.1. The normalized spacial score (nSPS) is 10.6. The lowest BCUT2D eigenvalue weighted by molar-refractivity contribution is -0.139. The zero-order valence-corrected chi connectivity index (χ0v) is 19.6. The molecule has 2 rings (SSSR count). The monoisotopic (exact) mass is 452 g/mol. The van der Waals surface area contributed by atoms with Crippen LogP contribution in [0.1, 0.15) is 43.7 Å². The lowest BCUT2D eigenvalue weighted by atomic mass is 10.2. The molecule has 176 valence electrons. The second kappa shape index (κ2) is 13.8. The van der Waals surface area contributed by atoms with Crippen LogP contribution in [0.4, 0.5) is 0 Å². The molecule has 33 heavy (non-hydrogen) atoms.